The van der Waals surface area contributed by atoms with Crippen LogP contribution in [0.5, 0.6) is 0 Å². The zero-order valence-corrected chi connectivity index (χ0v) is 11.3. The van der Waals surface area contributed by atoms with Gasteiger partial charge in [0.25, 0.3) is 0 Å². The van der Waals surface area contributed by atoms with E-state index in [9.17, 15) is 0 Å². The van der Waals surface area contributed by atoms with Gasteiger partial charge in [0, 0.05) is 25.4 Å². The second kappa shape index (κ2) is 6.15. The van der Waals surface area contributed by atoms with Crippen molar-refractivity contribution < 1.29 is 9.47 Å². The molecular weight excluding hydrogens is 256 g/mol. The summed E-state index contributed by atoms with van der Waals surface area (Å²) in [4.78, 5) is 0. The lowest BCUT2D eigenvalue weighted by atomic mass is 10.7. The Labute approximate surface area is 103 Å². The Bertz CT molecular complexity index is 207. The van der Waals surface area contributed by atoms with Crippen molar-refractivity contribution in [2.24, 2.45) is 0 Å². The first-order valence-electron chi connectivity index (χ1n) is 4.17. The van der Waals surface area contributed by atoms with Crippen molar-refractivity contribution in [2.45, 2.75) is 24.7 Å². The summed E-state index contributed by atoms with van der Waals surface area (Å²) in [5.41, 5.74) is -0.0479. The Hall–Kier alpha value is 0.480. The van der Waals surface area contributed by atoms with E-state index >= 15 is 0 Å². The Morgan fingerprint density at radius 2 is 1.36 bits per heavy atom. The van der Waals surface area contributed by atoms with Crippen molar-refractivity contribution in [3.05, 3.63) is 0 Å². The summed E-state index contributed by atoms with van der Waals surface area (Å²) >= 11 is 13.3. The molecule has 2 atom stereocenters. The van der Waals surface area contributed by atoms with Crippen LogP contribution in [-0.4, -0.2) is 32.5 Å². The van der Waals surface area contributed by atoms with Crippen molar-refractivity contribution in [1.29, 1.82) is 0 Å². The molecule has 0 aromatic carbocycles. The lowest BCUT2D eigenvalue weighted by molar-refractivity contribution is 0.156. The molecular formula is C8H12O2S4. The third kappa shape index (κ3) is 4.33. The zero-order chi connectivity index (χ0) is 10.6. The van der Waals surface area contributed by atoms with E-state index in [4.69, 9.17) is 33.9 Å². The maximum Gasteiger partial charge on any atom is 0.191 e. The fourth-order valence-corrected chi connectivity index (χ4v) is 3.88. The Kier molecular flexibility index (Phi) is 5.51. The van der Waals surface area contributed by atoms with E-state index < -0.39 is 0 Å². The van der Waals surface area contributed by atoms with E-state index in [1.807, 2.05) is 0 Å². The van der Waals surface area contributed by atoms with Crippen molar-refractivity contribution in [3.63, 3.8) is 0 Å². The summed E-state index contributed by atoms with van der Waals surface area (Å²) in [5, 5.41) is 1.11. The number of rotatable bonds is 2. The predicted octanol–water partition coefficient (Wildman–Crippen LogP) is 2.85. The van der Waals surface area contributed by atoms with E-state index in [0.29, 0.717) is 10.1 Å². The highest BCUT2D eigenvalue weighted by atomic mass is 32.2. The number of thioether (sulfide) groups is 2. The van der Waals surface area contributed by atoms with Gasteiger partial charge in [-0.15, -0.1) is 23.5 Å². The first kappa shape index (κ1) is 12.5. The van der Waals surface area contributed by atoms with Gasteiger partial charge in [-0.25, -0.2) is 0 Å². The van der Waals surface area contributed by atoms with Crippen LogP contribution >= 0.6 is 48.0 Å². The topological polar surface area (TPSA) is 18.5 Å². The molecule has 0 aromatic rings. The number of hydrogen-bond acceptors (Lipinski definition) is 6. The summed E-state index contributed by atoms with van der Waals surface area (Å²) in [5.74, 6) is 2.13. The predicted molar refractivity (Wildman–Crippen MR) is 71.2 cm³/mol. The van der Waals surface area contributed by atoms with Gasteiger partial charge in [-0.2, -0.15) is 0 Å². The van der Waals surface area contributed by atoms with Crippen LogP contribution in [0.25, 0.3) is 0 Å². The molecule has 80 valence electrons. The lowest BCUT2D eigenvalue weighted by Crippen LogP contribution is -2.32. The third-order valence-electron chi connectivity index (χ3n) is 1.43. The second-order valence-corrected chi connectivity index (χ2v) is 6.26. The molecule has 1 saturated heterocycles. The van der Waals surface area contributed by atoms with Gasteiger partial charge >= 0.3 is 0 Å². The maximum atomic E-state index is 5.49. The number of ether oxygens (including phenoxy) is 2. The van der Waals surface area contributed by atoms with Crippen LogP contribution in [0.2, 0.25) is 0 Å². The Balaban J connectivity index is 2.49. The van der Waals surface area contributed by atoms with Gasteiger partial charge < -0.3 is 9.47 Å². The quantitative estimate of drug-likeness (QED) is 0.712. The molecule has 0 aromatic heterocycles. The van der Waals surface area contributed by atoms with Gasteiger partial charge in [0.2, 0.25) is 0 Å². The van der Waals surface area contributed by atoms with Crippen LogP contribution in [0.1, 0.15) is 13.8 Å². The normalized spacial score (nSPS) is 26.7. The second-order valence-electron chi connectivity index (χ2n) is 2.70. The smallest absolute Gasteiger partial charge is 0.191 e. The summed E-state index contributed by atoms with van der Waals surface area (Å²) in [6, 6.07) is 0. The fraction of sp³-hybridized carbons (Fsp3) is 0.750. The molecule has 2 nitrogen and oxygen atoms in total. The van der Waals surface area contributed by atoms with Gasteiger partial charge in [0.05, 0.1) is 0 Å². The first-order chi connectivity index (χ1) is 6.59. The highest BCUT2D eigenvalue weighted by Crippen LogP contribution is 2.33. The van der Waals surface area contributed by atoms with Gasteiger partial charge in [-0.3, -0.25) is 0 Å². The average molecular weight is 268 g/mol. The van der Waals surface area contributed by atoms with Gasteiger partial charge in [0.15, 0.2) is 21.0 Å². The molecule has 1 aliphatic rings. The number of hydrogen-bond donors (Lipinski definition) is 0. The highest BCUT2D eigenvalue weighted by molar-refractivity contribution is 8.06. The molecule has 2 unspecified atom stereocenters. The molecule has 0 bridgehead atoms. The van der Waals surface area contributed by atoms with Crippen molar-refractivity contribution in [3.8, 4) is 0 Å². The van der Waals surface area contributed by atoms with Gasteiger partial charge in [-0.05, 0) is 24.4 Å². The van der Waals surface area contributed by atoms with E-state index in [2.05, 4.69) is 0 Å². The highest BCUT2D eigenvalue weighted by Gasteiger charge is 2.30. The molecule has 0 saturated carbocycles. The molecule has 14 heavy (non-hydrogen) atoms. The molecule has 0 spiro atoms. The van der Waals surface area contributed by atoms with E-state index in [1.165, 1.54) is 0 Å². The summed E-state index contributed by atoms with van der Waals surface area (Å²) in [6.45, 7) is 3.55. The van der Waals surface area contributed by atoms with E-state index in [-0.39, 0.29) is 10.9 Å². The largest absolute Gasteiger partial charge is 0.469 e. The number of thiocarbonyl (C=S) groups is 2. The minimum absolute atomic E-state index is 0.0239. The minimum Gasteiger partial charge on any atom is -0.469 e. The lowest BCUT2D eigenvalue weighted by Gasteiger charge is -2.30. The standard InChI is InChI=1S/C8H12O2S4/c1-5(11)9-7-8(10-6(2)12)14-4-3-13-7/h7-8H,3-4H2,1-2H3. The van der Waals surface area contributed by atoms with Crippen LogP contribution in [0.4, 0.5) is 0 Å². The van der Waals surface area contributed by atoms with Gasteiger partial charge in [0.1, 0.15) is 0 Å². The fourth-order valence-electron chi connectivity index (χ4n) is 0.992. The molecule has 1 rings (SSSR count). The molecule has 1 aliphatic heterocycles. The van der Waals surface area contributed by atoms with Crippen molar-refractivity contribution >= 4 is 58.1 Å². The van der Waals surface area contributed by atoms with Gasteiger partial charge in [-0.1, -0.05) is 0 Å². The molecule has 0 aliphatic carbocycles. The first-order valence-corrected chi connectivity index (χ1v) is 7.08. The minimum atomic E-state index is -0.0239. The summed E-state index contributed by atoms with van der Waals surface area (Å²) in [7, 11) is 0. The van der Waals surface area contributed by atoms with Crippen molar-refractivity contribution in [1.82, 2.24) is 0 Å². The molecule has 1 fully saturated rings. The van der Waals surface area contributed by atoms with Crippen LogP contribution in [0, 0.1) is 0 Å². The van der Waals surface area contributed by atoms with Crippen LogP contribution in [0.15, 0.2) is 0 Å². The monoisotopic (exact) mass is 268 g/mol. The summed E-state index contributed by atoms with van der Waals surface area (Å²) < 4.78 is 11.0. The van der Waals surface area contributed by atoms with Crippen LogP contribution < -0.4 is 0 Å². The zero-order valence-electron chi connectivity index (χ0n) is 8.02. The van der Waals surface area contributed by atoms with Crippen LogP contribution in [-0.2, 0) is 9.47 Å². The molecule has 0 amide bonds. The van der Waals surface area contributed by atoms with Crippen LogP contribution in [0.3, 0.4) is 0 Å². The third-order valence-corrected chi connectivity index (χ3v) is 4.28. The van der Waals surface area contributed by atoms with E-state index in [1.54, 1.807) is 37.4 Å². The molecule has 0 N–H and O–H groups in total. The van der Waals surface area contributed by atoms with E-state index in [0.717, 1.165) is 11.5 Å². The SMILES string of the molecule is CC(=S)OC1SCCSC1OC(C)=S. The average Bonchev–Trinajstić information content (AvgIpc) is 2.06. The molecule has 0 radical (unpaired) electrons. The van der Waals surface area contributed by atoms with Crippen molar-refractivity contribution in [2.75, 3.05) is 11.5 Å². The Morgan fingerprint density at radius 3 is 1.64 bits per heavy atom. The molecule has 1 heterocycles. The molecule has 6 heteroatoms. The maximum absolute atomic E-state index is 5.49. The summed E-state index contributed by atoms with van der Waals surface area (Å²) in [6.07, 6.45) is 0. The Morgan fingerprint density at radius 1 is 1.00 bits per heavy atom.